The topological polar surface area (TPSA) is 29.5 Å². The fourth-order valence-electron chi connectivity index (χ4n) is 1.88. The Labute approximate surface area is 93.7 Å². The fraction of sp³-hybridized carbons (Fsp3) is 0.545. The van der Waals surface area contributed by atoms with Crippen molar-refractivity contribution in [2.75, 3.05) is 24.7 Å². The van der Waals surface area contributed by atoms with E-state index < -0.39 is 0 Å². The van der Waals surface area contributed by atoms with Crippen LogP contribution < -0.4 is 4.90 Å². The number of carbonyl (C=O) groups is 1. The van der Waals surface area contributed by atoms with Gasteiger partial charge in [0.25, 0.3) is 0 Å². The third-order valence-corrected chi connectivity index (χ3v) is 3.52. The number of ether oxygens (including phenoxy) is 1. The second-order valence-electron chi connectivity index (χ2n) is 4.34. The van der Waals surface area contributed by atoms with Crippen molar-refractivity contribution in [3.63, 3.8) is 0 Å². The molecule has 0 saturated carbocycles. The lowest BCUT2D eigenvalue weighted by Crippen LogP contribution is -2.53. The summed E-state index contributed by atoms with van der Waals surface area (Å²) in [4.78, 5) is 13.7. The average molecular weight is 225 g/mol. The number of nitrogens with zero attached hydrogens (tertiary/aromatic N) is 1. The van der Waals surface area contributed by atoms with Gasteiger partial charge in [-0.1, -0.05) is 0 Å². The molecule has 1 aromatic rings. The summed E-state index contributed by atoms with van der Waals surface area (Å²) in [7, 11) is 0. The third kappa shape index (κ3) is 2.06. The highest BCUT2D eigenvalue weighted by Crippen LogP contribution is 2.30. The van der Waals surface area contributed by atoms with Crippen LogP contribution in [0.1, 0.15) is 23.5 Å². The zero-order valence-corrected chi connectivity index (χ0v) is 9.84. The Morgan fingerprint density at radius 1 is 1.60 bits per heavy atom. The summed E-state index contributed by atoms with van der Waals surface area (Å²) >= 11 is 1.49. The number of carbonyl (C=O) groups excluding carboxylic acids is 1. The summed E-state index contributed by atoms with van der Waals surface area (Å²) in [6.07, 6.45) is 0.904. The predicted octanol–water partition coefficient (Wildman–Crippen LogP) is 2.18. The molecule has 1 fully saturated rings. The van der Waals surface area contributed by atoms with Gasteiger partial charge in [0.15, 0.2) is 6.29 Å². The van der Waals surface area contributed by atoms with E-state index in [9.17, 15) is 4.79 Å². The molecule has 3 nitrogen and oxygen atoms in total. The van der Waals surface area contributed by atoms with E-state index in [-0.39, 0.29) is 5.54 Å². The van der Waals surface area contributed by atoms with Crippen molar-refractivity contribution in [3.8, 4) is 0 Å². The van der Waals surface area contributed by atoms with Crippen molar-refractivity contribution in [3.05, 3.63) is 16.3 Å². The summed E-state index contributed by atoms with van der Waals surface area (Å²) in [5.74, 6) is 0. The Balaban J connectivity index is 2.24. The van der Waals surface area contributed by atoms with E-state index in [1.165, 1.54) is 11.3 Å². The van der Waals surface area contributed by atoms with Gasteiger partial charge >= 0.3 is 0 Å². The number of morpholine rings is 1. The summed E-state index contributed by atoms with van der Waals surface area (Å²) in [6.45, 7) is 6.70. The first-order valence-corrected chi connectivity index (χ1v) is 5.90. The van der Waals surface area contributed by atoms with Crippen molar-refractivity contribution in [1.82, 2.24) is 0 Å². The lowest BCUT2D eigenvalue weighted by Gasteiger charge is -2.43. The highest BCUT2D eigenvalue weighted by atomic mass is 32.1. The van der Waals surface area contributed by atoms with E-state index in [0.29, 0.717) is 0 Å². The molecule has 2 rings (SSSR count). The Morgan fingerprint density at radius 3 is 3.00 bits per heavy atom. The minimum absolute atomic E-state index is 0.0134. The summed E-state index contributed by atoms with van der Waals surface area (Å²) in [5.41, 5.74) is 1.15. The SMILES string of the molecule is CC1(C)COCCN1c1csc(C=O)c1. The van der Waals surface area contributed by atoms with Crippen LogP contribution in [0.25, 0.3) is 0 Å². The van der Waals surface area contributed by atoms with Crippen LogP contribution in [0.15, 0.2) is 11.4 Å². The van der Waals surface area contributed by atoms with Crippen molar-refractivity contribution < 1.29 is 9.53 Å². The molecule has 0 N–H and O–H groups in total. The van der Waals surface area contributed by atoms with Gasteiger partial charge in [-0.2, -0.15) is 0 Å². The van der Waals surface area contributed by atoms with Crippen LogP contribution in [0, 0.1) is 0 Å². The molecular formula is C11H15NO2S. The number of thiophene rings is 1. The maximum atomic E-state index is 10.6. The first kappa shape index (κ1) is 10.6. The first-order chi connectivity index (χ1) is 7.13. The molecule has 0 aromatic carbocycles. The Morgan fingerprint density at radius 2 is 2.40 bits per heavy atom. The van der Waals surface area contributed by atoms with Crippen LogP contribution in [0.4, 0.5) is 5.69 Å². The van der Waals surface area contributed by atoms with E-state index in [0.717, 1.165) is 36.6 Å². The van der Waals surface area contributed by atoms with Gasteiger partial charge in [0.2, 0.25) is 0 Å². The van der Waals surface area contributed by atoms with Crippen molar-refractivity contribution in [2.45, 2.75) is 19.4 Å². The van der Waals surface area contributed by atoms with Gasteiger partial charge in [-0.05, 0) is 19.9 Å². The third-order valence-electron chi connectivity index (χ3n) is 2.68. The van der Waals surface area contributed by atoms with Crippen LogP contribution in [0.5, 0.6) is 0 Å². The normalized spacial score (nSPS) is 20.3. The van der Waals surface area contributed by atoms with Crippen LogP contribution >= 0.6 is 11.3 Å². The molecule has 2 heterocycles. The Hall–Kier alpha value is -0.870. The van der Waals surface area contributed by atoms with Crippen LogP contribution in [0.3, 0.4) is 0 Å². The lowest BCUT2D eigenvalue weighted by atomic mass is 10.0. The molecule has 82 valence electrons. The zero-order valence-electron chi connectivity index (χ0n) is 9.03. The smallest absolute Gasteiger partial charge is 0.160 e. The molecule has 0 aliphatic carbocycles. The van der Waals surface area contributed by atoms with Crippen molar-refractivity contribution in [2.24, 2.45) is 0 Å². The van der Waals surface area contributed by atoms with Gasteiger partial charge < -0.3 is 9.64 Å². The van der Waals surface area contributed by atoms with Crippen LogP contribution in [0.2, 0.25) is 0 Å². The minimum atomic E-state index is 0.0134. The molecule has 4 heteroatoms. The number of rotatable bonds is 2. The molecule has 1 aromatic heterocycles. The largest absolute Gasteiger partial charge is 0.377 e. The molecule has 0 radical (unpaired) electrons. The maximum Gasteiger partial charge on any atom is 0.160 e. The van der Waals surface area contributed by atoms with Crippen molar-refractivity contribution >= 4 is 23.3 Å². The van der Waals surface area contributed by atoms with Gasteiger partial charge in [-0.25, -0.2) is 0 Å². The number of anilines is 1. The monoisotopic (exact) mass is 225 g/mol. The molecule has 1 aliphatic rings. The highest BCUT2D eigenvalue weighted by Gasteiger charge is 2.31. The highest BCUT2D eigenvalue weighted by molar-refractivity contribution is 7.12. The predicted molar refractivity (Wildman–Crippen MR) is 62.0 cm³/mol. The van der Waals surface area contributed by atoms with Gasteiger partial charge in [0.1, 0.15) is 0 Å². The van der Waals surface area contributed by atoms with Crippen molar-refractivity contribution in [1.29, 1.82) is 0 Å². The fourth-order valence-corrected chi connectivity index (χ4v) is 2.58. The van der Waals surface area contributed by atoms with E-state index >= 15 is 0 Å². The van der Waals surface area contributed by atoms with Crippen LogP contribution in [-0.4, -0.2) is 31.6 Å². The zero-order chi connectivity index (χ0) is 10.9. The van der Waals surface area contributed by atoms with E-state index in [2.05, 4.69) is 18.7 Å². The Kier molecular flexibility index (Phi) is 2.80. The van der Waals surface area contributed by atoms with Gasteiger partial charge in [-0.15, -0.1) is 11.3 Å². The molecule has 1 saturated heterocycles. The lowest BCUT2D eigenvalue weighted by molar-refractivity contribution is 0.0644. The number of hydrogen-bond donors (Lipinski definition) is 0. The van der Waals surface area contributed by atoms with Gasteiger partial charge in [0, 0.05) is 17.6 Å². The molecule has 0 unspecified atom stereocenters. The molecule has 0 spiro atoms. The Bertz CT molecular complexity index is 359. The van der Waals surface area contributed by atoms with Gasteiger partial charge in [0.05, 0.1) is 23.6 Å². The van der Waals surface area contributed by atoms with E-state index in [1.54, 1.807) is 0 Å². The van der Waals surface area contributed by atoms with E-state index in [1.807, 2.05) is 11.4 Å². The molecule has 15 heavy (non-hydrogen) atoms. The molecule has 0 bridgehead atoms. The molecule has 0 amide bonds. The second-order valence-corrected chi connectivity index (χ2v) is 5.28. The minimum Gasteiger partial charge on any atom is -0.377 e. The summed E-state index contributed by atoms with van der Waals surface area (Å²) in [6, 6.07) is 1.95. The molecule has 0 atom stereocenters. The quantitative estimate of drug-likeness (QED) is 0.722. The van der Waals surface area contributed by atoms with Crippen LogP contribution in [-0.2, 0) is 4.74 Å². The average Bonchev–Trinajstić information content (AvgIpc) is 2.65. The maximum absolute atomic E-state index is 10.6. The number of aldehydes is 1. The van der Waals surface area contributed by atoms with Gasteiger partial charge in [-0.3, -0.25) is 4.79 Å². The molecular weight excluding hydrogens is 210 g/mol. The summed E-state index contributed by atoms with van der Waals surface area (Å²) in [5, 5.41) is 2.04. The standard InChI is InChI=1S/C11H15NO2S/c1-11(2)8-14-4-3-12(11)9-5-10(6-13)15-7-9/h5-7H,3-4,8H2,1-2H3. The molecule has 1 aliphatic heterocycles. The first-order valence-electron chi connectivity index (χ1n) is 5.02. The summed E-state index contributed by atoms with van der Waals surface area (Å²) < 4.78 is 5.46. The second kappa shape index (κ2) is 3.94. The number of hydrogen-bond acceptors (Lipinski definition) is 4. The van der Waals surface area contributed by atoms with E-state index in [4.69, 9.17) is 4.74 Å².